The number of thioether (sulfide) groups is 1. The average molecular weight is 345 g/mol. The van der Waals surface area contributed by atoms with Crippen LogP contribution in [0.5, 0.6) is 0 Å². The maximum Gasteiger partial charge on any atom is 0.233 e. The lowest BCUT2D eigenvalue weighted by molar-refractivity contribution is -0.121. The number of hydrogen-bond acceptors (Lipinski definition) is 6. The van der Waals surface area contributed by atoms with Crippen molar-refractivity contribution in [1.29, 1.82) is 0 Å². The molecular weight excluding hydrogens is 322 g/mol. The minimum absolute atomic E-state index is 0.00131. The summed E-state index contributed by atoms with van der Waals surface area (Å²) in [6.07, 6.45) is 1.87. The summed E-state index contributed by atoms with van der Waals surface area (Å²) in [5, 5.41) is 3.16. The molecule has 2 unspecified atom stereocenters. The molecule has 0 saturated carbocycles. The summed E-state index contributed by atoms with van der Waals surface area (Å²) >= 11 is 1.24. The summed E-state index contributed by atoms with van der Waals surface area (Å²) in [5.41, 5.74) is 12.4. The van der Waals surface area contributed by atoms with Crippen LogP contribution in [0.25, 0.3) is 0 Å². The van der Waals surface area contributed by atoms with Gasteiger partial charge >= 0.3 is 0 Å². The van der Waals surface area contributed by atoms with E-state index in [9.17, 15) is 4.79 Å². The lowest BCUT2D eigenvalue weighted by atomic mass is 10.0. The molecular formula is C17H23N5OS. The Hall–Kier alpha value is -2.28. The number of nitrogen functional groups attached to an aromatic ring is 2. The van der Waals surface area contributed by atoms with E-state index < -0.39 is 0 Å². The number of carbonyl (C=O) groups excluding carboxylic acids is 1. The van der Waals surface area contributed by atoms with Crippen LogP contribution in [0.1, 0.15) is 38.3 Å². The molecule has 1 amide bonds. The van der Waals surface area contributed by atoms with E-state index in [4.69, 9.17) is 11.5 Å². The standard InChI is InChI=1S/C17H23N5OS/c1-3-7-13(12-8-5-4-6-9-12)20-16(23)11(2)24-17-21-14(18)10-15(19)22-17/h4-6,8-11,13H,3,7H2,1-2H3,(H,20,23)(H4,18,19,21,22). The van der Waals surface area contributed by atoms with E-state index in [1.807, 2.05) is 37.3 Å². The van der Waals surface area contributed by atoms with E-state index in [0.717, 1.165) is 18.4 Å². The first-order valence-corrected chi connectivity index (χ1v) is 8.79. The Morgan fingerprint density at radius 2 is 1.83 bits per heavy atom. The van der Waals surface area contributed by atoms with Gasteiger partial charge in [0.1, 0.15) is 11.6 Å². The summed E-state index contributed by atoms with van der Waals surface area (Å²) in [6.45, 7) is 3.92. The highest BCUT2D eigenvalue weighted by Gasteiger charge is 2.20. The lowest BCUT2D eigenvalue weighted by Gasteiger charge is -2.20. The van der Waals surface area contributed by atoms with E-state index >= 15 is 0 Å². The second-order valence-electron chi connectivity index (χ2n) is 5.52. The first-order valence-electron chi connectivity index (χ1n) is 7.91. The molecule has 1 aromatic carbocycles. The van der Waals surface area contributed by atoms with Crippen molar-refractivity contribution in [2.24, 2.45) is 0 Å². The second-order valence-corrected chi connectivity index (χ2v) is 6.83. The van der Waals surface area contributed by atoms with Gasteiger partial charge in [-0.2, -0.15) is 0 Å². The Morgan fingerprint density at radius 3 is 2.42 bits per heavy atom. The molecule has 0 aliphatic heterocycles. The topological polar surface area (TPSA) is 107 Å². The molecule has 0 bridgehead atoms. The van der Waals surface area contributed by atoms with Gasteiger partial charge in [-0.1, -0.05) is 55.4 Å². The molecule has 24 heavy (non-hydrogen) atoms. The fourth-order valence-corrected chi connectivity index (χ4v) is 3.12. The van der Waals surface area contributed by atoms with Crippen LogP contribution in [0.15, 0.2) is 41.6 Å². The van der Waals surface area contributed by atoms with Gasteiger partial charge in [-0.05, 0) is 18.9 Å². The minimum atomic E-state index is -0.353. The van der Waals surface area contributed by atoms with Crippen LogP contribution < -0.4 is 16.8 Å². The normalized spacial score (nSPS) is 13.2. The largest absolute Gasteiger partial charge is 0.383 e. The van der Waals surface area contributed by atoms with Gasteiger partial charge in [0.25, 0.3) is 0 Å². The van der Waals surface area contributed by atoms with Gasteiger partial charge in [-0.25, -0.2) is 9.97 Å². The SMILES string of the molecule is CCCC(NC(=O)C(C)Sc1nc(N)cc(N)n1)c1ccccc1. The van der Waals surface area contributed by atoms with Crippen molar-refractivity contribution in [2.75, 3.05) is 11.5 Å². The van der Waals surface area contributed by atoms with Crippen LogP contribution in [-0.4, -0.2) is 21.1 Å². The first-order chi connectivity index (χ1) is 11.5. The van der Waals surface area contributed by atoms with Gasteiger partial charge in [0.15, 0.2) is 5.16 Å². The zero-order valence-electron chi connectivity index (χ0n) is 13.9. The molecule has 0 fully saturated rings. The summed E-state index contributed by atoms with van der Waals surface area (Å²) in [5.74, 6) is 0.531. The molecule has 1 aromatic heterocycles. The van der Waals surface area contributed by atoms with E-state index in [0.29, 0.717) is 16.8 Å². The van der Waals surface area contributed by atoms with E-state index in [1.165, 1.54) is 17.8 Å². The van der Waals surface area contributed by atoms with Crippen LogP contribution in [0.2, 0.25) is 0 Å². The van der Waals surface area contributed by atoms with Crippen molar-refractivity contribution >= 4 is 29.3 Å². The highest BCUT2D eigenvalue weighted by molar-refractivity contribution is 8.00. The third-order valence-corrected chi connectivity index (χ3v) is 4.45. The number of amides is 1. The number of hydrogen-bond donors (Lipinski definition) is 3. The number of aromatic nitrogens is 2. The Kier molecular flexibility index (Phi) is 6.43. The number of rotatable bonds is 7. The molecule has 0 radical (unpaired) electrons. The van der Waals surface area contributed by atoms with Crippen molar-refractivity contribution < 1.29 is 4.79 Å². The molecule has 2 aromatic rings. The zero-order chi connectivity index (χ0) is 17.5. The molecule has 0 spiro atoms. The smallest absolute Gasteiger partial charge is 0.233 e. The Balaban J connectivity index is 2.03. The summed E-state index contributed by atoms with van der Waals surface area (Å²) in [6, 6.07) is 11.5. The van der Waals surface area contributed by atoms with Crippen LogP contribution in [0.4, 0.5) is 11.6 Å². The summed E-state index contributed by atoms with van der Waals surface area (Å²) < 4.78 is 0. The van der Waals surface area contributed by atoms with E-state index in [-0.39, 0.29) is 17.2 Å². The Labute approximate surface area is 146 Å². The monoisotopic (exact) mass is 345 g/mol. The highest BCUT2D eigenvalue weighted by atomic mass is 32.2. The van der Waals surface area contributed by atoms with Gasteiger partial charge in [-0.3, -0.25) is 4.79 Å². The van der Waals surface area contributed by atoms with Crippen molar-refractivity contribution in [2.45, 2.75) is 43.1 Å². The van der Waals surface area contributed by atoms with Crippen LogP contribution in [-0.2, 0) is 4.79 Å². The predicted molar refractivity (Wildman–Crippen MR) is 98.4 cm³/mol. The molecule has 2 rings (SSSR count). The molecule has 5 N–H and O–H groups in total. The highest BCUT2D eigenvalue weighted by Crippen LogP contribution is 2.24. The van der Waals surface area contributed by atoms with Crippen LogP contribution in [0.3, 0.4) is 0 Å². The fourth-order valence-electron chi connectivity index (χ4n) is 2.31. The van der Waals surface area contributed by atoms with Gasteiger partial charge in [0, 0.05) is 6.07 Å². The van der Waals surface area contributed by atoms with Crippen molar-refractivity contribution in [3.8, 4) is 0 Å². The Bertz CT molecular complexity index is 660. The van der Waals surface area contributed by atoms with Crippen molar-refractivity contribution in [1.82, 2.24) is 15.3 Å². The molecule has 6 nitrogen and oxygen atoms in total. The number of carbonyl (C=O) groups is 1. The number of nitrogens with two attached hydrogens (primary N) is 2. The molecule has 1 heterocycles. The fraction of sp³-hybridized carbons (Fsp3) is 0.353. The number of benzene rings is 1. The summed E-state index contributed by atoms with van der Waals surface area (Å²) in [4.78, 5) is 20.7. The molecule has 0 saturated heterocycles. The molecule has 0 aliphatic rings. The molecule has 0 aliphatic carbocycles. The van der Waals surface area contributed by atoms with Crippen LogP contribution >= 0.6 is 11.8 Å². The van der Waals surface area contributed by atoms with Crippen molar-refractivity contribution in [3.63, 3.8) is 0 Å². The average Bonchev–Trinajstić information content (AvgIpc) is 2.54. The maximum absolute atomic E-state index is 12.5. The zero-order valence-corrected chi connectivity index (χ0v) is 14.7. The summed E-state index contributed by atoms with van der Waals surface area (Å²) in [7, 11) is 0. The molecule has 128 valence electrons. The van der Waals surface area contributed by atoms with E-state index in [2.05, 4.69) is 22.2 Å². The number of nitrogens with zero attached hydrogens (tertiary/aromatic N) is 2. The second kappa shape index (κ2) is 8.54. The third-order valence-electron chi connectivity index (χ3n) is 3.49. The third kappa shape index (κ3) is 5.13. The maximum atomic E-state index is 12.5. The number of nitrogens with one attached hydrogen (secondary N) is 1. The van der Waals surface area contributed by atoms with Crippen molar-refractivity contribution in [3.05, 3.63) is 42.0 Å². The van der Waals surface area contributed by atoms with Gasteiger partial charge in [0.2, 0.25) is 5.91 Å². The first kappa shape index (κ1) is 18.1. The minimum Gasteiger partial charge on any atom is -0.383 e. The van der Waals surface area contributed by atoms with Gasteiger partial charge < -0.3 is 16.8 Å². The van der Waals surface area contributed by atoms with Gasteiger partial charge in [-0.15, -0.1) is 0 Å². The lowest BCUT2D eigenvalue weighted by Crippen LogP contribution is -2.34. The van der Waals surface area contributed by atoms with Gasteiger partial charge in [0.05, 0.1) is 11.3 Å². The quantitative estimate of drug-likeness (QED) is 0.526. The molecule has 7 heteroatoms. The van der Waals surface area contributed by atoms with Crippen LogP contribution in [0, 0.1) is 0 Å². The molecule has 2 atom stereocenters. The predicted octanol–water partition coefficient (Wildman–Crippen LogP) is 2.78. The number of anilines is 2. The Morgan fingerprint density at radius 1 is 1.21 bits per heavy atom. The van der Waals surface area contributed by atoms with E-state index in [1.54, 1.807) is 0 Å².